The van der Waals surface area contributed by atoms with Crippen molar-refractivity contribution in [1.29, 1.82) is 0 Å². The molecule has 13 heteroatoms. The van der Waals surface area contributed by atoms with Crippen LogP contribution in [0.15, 0.2) is 41.6 Å². The number of halogens is 5. The maximum atomic E-state index is 14.4. The van der Waals surface area contributed by atoms with Gasteiger partial charge in [-0.05, 0) is 48.4 Å². The molecule has 1 amide bonds. The highest BCUT2D eigenvalue weighted by Crippen LogP contribution is 2.49. The zero-order chi connectivity index (χ0) is 29.9. The Kier molecular flexibility index (Phi) is 8.64. The number of rotatable bonds is 8. The normalized spacial score (nSPS) is 16.5. The fourth-order valence-electron chi connectivity index (χ4n) is 4.32. The van der Waals surface area contributed by atoms with Crippen LogP contribution in [0.3, 0.4) is 0 Å². The number of amides is 1. The Morgan fingerprint density at radius 1 is 1.20 bits per heavy atom. The van der Waals surface area contributed by atoms with E-state index in [0.29, 0.717) is 17.0 Å². The van der Waals surface area contributed by atoms with Gasteiger partial charge in [0.1, 0.15) is 13.2 Å². The number of anilines is 1. The standard InChI is InChI=1S/C28H22Cl2F3N5O3/c1-5-9-37(26-34-24(16-40-4)38(35-26)10-6-2)25(39)22-8-7-18(11-17(22)3)23-15-27(41-36-23,28(31,32)33)19-12-20(29)14-21(30)13-19/h1-2,7-8,11-14H,9-10,15-16H2,3-4H3. The maximum Gasteiger partial charge on any atom is 0.435 e. The number of alkyl halides is 3. The molecule has 1 aliphatic heterocycles. The third-order valence-electron chi connectivity index (χ3n) is 6.29. The Labute approximate surface area is 244 Å². The first kappa shape index (κ1) is 29.9. The summed E-state index contributed by atoms with van der Waals surface area (Å²) in [5.74, 6) is 4.78. The first-order chi connectivity index (χ1) is 19.4. The largest absolute Gasteiger partial charge is 0.435 e. The molecule has 212 valence electrons. The van der Waals surface area contributed by atoms with E-state index in [9.17, 15) is 18.0 Å². The fraction of sp³-hybridized carbons (Fsp3) is 0.286. The molecule has 4 rings (SSSR count). The number of ether oxygens (including phenoxy) is 1. The first-order valence-electron chi connectivity index (χ1n) is 11.9. The molecule has 0 saturated heterocycles. The molecule has 41 heavy (non-hydrogen) atoms. The molecule has 1 aromatic heterocycles. The van der Waals surface area contributed by atoms with Crippen LogP contribution in [-0.2, 0) is 28.3 Å². The van der Waals surface area contributed by atoms with Crippen molar-refractivity contribution < 1.29 is 27.5 Å². The van der Waals surface area contributed by atoms with Gasteiger partial charge in [-0.15, -0.1) is 17.9 Å². The van der Waals surface area contributed by atoms with E-state index in [2.05, 4.69) is 27.1 Å². The fourth-order valence-corrected chi connectivity index (χ4v) is 4.85. The predicted molar refractivity (Wildman–Crippen MR) is 148 cm³/mol. The lowest BCUT2D eigenvalue weighted by atomic mass is 9.86. The van der Waals surface area contributed by atoms with E-state index >= 15 is 0 Å². The van der Waals surface area contributed by atoms with Crippen molar-refractivity contribution in [3.63, 3.8) is 0 Å². The monoisotopic (exact) mass is 603 g/mol. The van der Waals surface area contributed by atoms with Crippen molar-refractivity contribution in [3.05, 3.63) is 74.5 Å². The van der Waals surface area contributed by atoms with Gasteiger partial charge in [0.2, 0.25) is 0 Å². The zero-order valence-corrected chi connectivity index (χ0v) is 23.3. The molecule has 1 unspecified atom stereocenters. The number of benzene rings is 2. The summed E-state index contributed by atoms with van der Waals surface area (Å²) in [5.41, 5.74) is -2.02. The molecule has 2 heterocycles. The van der Waals surface area contributed by atoms with E-state index in [0.717, 1.165) is 12.1 Å². The van der Waals surface area contributed by atoms with Crippen LogP contribution in [0, 0.1) is 31.6 Å². The second kappa shape index (κ2) is 11.8. The molecule has 0 radical (unpaired) electrons. The average molecular weight is 604 g/mol. The molecular weight excluding hydrogens is 582 g/mol. The number of carbonyl (C=O) groups excluding carboxylic acids is 1. The van der Waals surface area contributed by atoms with Crippen molar-refractivity contribution in [2.24, 2.45) is 5.16 Å². The van der Waals surface area contributed by atoms with Gasteiger partial charge < -0.3 is 9.57 Å². The number of hydrogen-bond donors (Lipinski definition) is 0. The van der Waals surface area contributed by atoms with E-state index in [1.54, 1.807) is 13.0 Å². The second-order valence-electron chi connectivity index (χ2n) is 9.04. The Balaban J connectivity index is 1.65. The van der Waals surface area contributed by atoms with Crippen molar-refractivity contribution >= 4 is 40.8 Å². The lowest BCUT2D eigenvalue weighted by Gasteiger charge is -2.29. The smallest absolute Gasteiger partial charge is 0.377 e. The molecule has 0 saturated carbocycles. The van der Waals surface area contributed by atoms with Crippen LogP contribution in [-0.4, -0.2) is 46.2 Å². The number of hydrogen-bond acceptors (Lipinski definition) is 6. The minimum Gasteiger partial charge on any atom is -0.377 e. The van der Waals surface area contributed by atoms with Gasteiger partial charge in [-0.25, -0.2) is 4.68 Å². The summed E-state index contributed by atoms with van der Waals surface area (Å²) in [5, 5.41) is 8.13. The minimum atomic E-state index is -4.84. The molecule has 1 atom stereocenters. The van der Waals surface area contributed by atoms with Crippen molar-refractivity contribution in [2.75, 3.05) is 18.6 Å². The predicted octanol–water partition coefficient (Wildman–Crippen LogP) is 5.54. The van der Waals surface area contributed by atoms with Gasteiger partial charge in [-0.3, -0.25) is 9.69 Å². The van der Waals surface area contributed by atoms with Gasteiger partial charge in [0.15, 0.2) is 5.82 Å². The molecule has 0 aliphatic carbocycles. The molecule has 2 aromatic carbocycles. The van der Waals surface area contributed by atoms with E-state index < -0.39 is 24.1 Å². The van der Waals surface area contributed by atoms with Crippen molar-refractivity contribution in [1.82, 2.24) is 14.8 Å². The topological polar surface area (TPSA) is 81.8 Å². The Hall–Kier alpha value is -4.03. The summed E-state index contributed by atoms with van der Waals surface area (Å²) in [6.07, 6.45) is 5.44. The molecule has 8 nitrogen and oxygen atoms in total. The number of carbonyl (C=O) groups is 1. The van der Waals surface area contributed by atoms with Crippen LogP contribution in [0.4, 0.5) is 19.1 Å². The van der Waals surface area contributed by atoms with E-state index in [-0.39, 0.29) is 52.5 Å². The van der Waals surface area contributed by atoms with Gasteiger partial charge in [0.25, 0.3) is 17.5 Å². The van der Waals surface area contributed by atoms with Crippen LogP contribution in [0.2, 0.25) is 10.0 Å². The highest BCUT2D eigenvalue weighted by atomic mass is 35.5. The van der Waals surface area contributed by atoms with Crippen LogP contribution < -0.4 is 4.90 Å². The number of aromatic nitrogens is 3. The molecule has 0 spiro atoms. The summed E-state index contributed by atoms with van der Waals surface area (Å²) in [6, 6.07) is 8.10. The Morgan fingerprint density at radius 3 is 2.49 bits per heavy atom. The quantitative estimate of drug-likeness (QED) is 0.316. The van der Waals surface area contributed by atoms with Crippen LogP contribution >= 0.6 is 23.2 Å². The van der Waals surface area contributed by atoms with Crippen LogP contribution in [0.1, 0.15) is 39.3 Å². The van der Waals surface area contributed by atoms with E-state index in [1.165, 1.54) is 34.9 Å². The number of terminal acetylenes is 2. The molecule has 0 fully saturated rings. The van der Waals surface area contributed by atoms with Crippen LogP contribution in [0.5, 0.6) is 0 Å². The summed E-state index contributed by atoms with van der Waals surface area (Å²) in [6.45, 7) is 1.69. The minimum absolute atomic E-state index is 0.0244. The van der Waals surface area contributed by atoms with Gasteiger partial charge in [0.05, 0.1) is 12.3 Å². The Bertz CT molecular complexity index is 1590. The van der Waals surface area contributed by atoms with Crippen molar-refractivity contribution in [3.8, 4) is 24.7 Å². The lowest BCUT2D eigenvalue weighted by Crippen LogP contribution is -2.42. The Morgan fingerprint density at radius 2 is 1.90 bits per heavy atom. The highest BCUT2D eigenvalue weighted by molar-refractivity contribution is 6.34. The maximum absolute atomic E-state index is 14.4. The molecule has 1 aliphatic rings. The number of oxime groups is 1. The number of methoxy groups -OCH3 is 1. The average Bonchev–Trinajstić information content (AvgIpc) is 3.53. The molecule has 3 aromatic rings. The molecule has 0 N–H and O–H groups in total. The van der Waals surface area contributed by atoms with E-state index in [1.807, 2.05) is 0 Å². The van der Waals surface area contributed by atoms with E-state index in [4.69, 9.17) is 45.6 Å². The zero-order valence-electron chi connectivity index (χ0n) is 21.8. The first-order valence-corrected chi connectivity index (χ1v) is 12.7. The van der Waals surface area contributed by atoms with Gasteiger partial charge in [0, 0.05) is 34.7 Å². The summed E-state index contributed by atoms with van der Waals surface area (Å²) >= 11 is 12.0. The highest BCUT2D eigenvalue weighted by Gasteiger charge is 2.62. The molecule has 0 bridgehead atoms. The van der Waals surface area contributed by atoms with Crippen molar-refractivity contribution in [2.45, 2.75) is 38.3 Å². The number of nitrogens with zero attached hydrogens (tertiary/aromatic N) is 5. The second-order valence-corrected chi connectivity index (χ2v) is 9.91. The summed E-state index contributed by atoms with van der Waals surface area (Å²) < 4.78 is 49.7. The van der Waals surface area contributed by atoms with Crippen LogP contribution in [0.25, 0.3) is 0 Å². The summed E-state index contributed by atoms with van der Waals surface area (Å²) in [4.78, 5) is 24.2. The van der Waals surface area contributed by atoms with Gasteiger partial charge >= 0.3 is 6.18 Å². The lowest BCUT2D eigenvalue weighted by molar-refractivity contribution is -0.275. The SMILES string of the molecule is C#CCN(C(=O)c1ccc(C2=NOC(c3cc(Cl)cc(Cl)c3)(C(F)(F)F)C2)cc1C)c1nc(COC)n(CC#C)n1. The number of aryl methyl sites for hydroxylation is 1. The summed E-state index contributed by atoms with van der Waals surface area (Å²) in [7, 11) is 1.48. The molecular formula is C28H22Cl2F3N5O3. The van der Waals surface area contributed by atoms with Gasteiger partial charge in [-0.2, -0.15) is 18.2 Å². The third kappa shape index (κ3) is 5.89. The third-order valence-corrected chi connectivity index (χ3v) is 6.73. The van der Waals surface area contributed by atoms with Gasteiger partial charge in [-0.1, -0.05) is 46.3 Å².